The molecule has 0 aromatic heterocycles. The smallest absolute Gasteiger partial charge is 0.315 e. The number of β-amino-alcohol motifs (C(OH)–C–C–N with tert-alkyl or cyclic N) is 1. The van der Waals surface area contributed by atoms with Gasteiger partial charge >= 0.3 is 6.03 Å². The zero-order chi connectivity index (χ0) is 10.6. The number of hydrogen-bond donors (Lipinski definition) is 2. The maximum Gasteiger partial charge on any atom is 0.315 e. The minimum Gasteiger partial charge on any atom is -0.395 e. The molecule has 0 spiro atoms. The van der Waals surface area contributed by atoms with Crippen LogP contribution in [-0.2, 0) is 0 Å². The Morgan fingerprint density at radius 2 is 2.29 bits per heavy atom. The summed E-state index contributed by atoms with van der Waals surface area (Å²) in [6.45, 7) is 5.20. The Morgan fingerprint density at radius 1 is 1.57 bits per heavy atom. The largest absolute Gasteiger partial charge is 0.395 e. The van der Waals surface area contributed by atoms with E-state index in [-0.39, 0.29) is 18.7 Å². The number of primary amides is 1. The number of aliphatic hydroxyl groups excluding tert-OH is 1. The highest BCUT2D eigenvalue weighted by Crippen LogP contribution is 2.11. The van der Waals surface area contributed by atoms with Crippen LogP contribution in [-0.4, -0.2) is 59.8 Å². The fourth-order valence-corrected chi connectivity index (χ4v) is 1.90. The van der Waals surface area contributed by atoms with E-state index in [1.54, 1.807) is 4.90 Å². The second kappa shape index (κ2) is 5.17. The van der Waals surface area contributed by atoms with Crippen molar-refractivity contribution < 1.29 is 9.90 Å². The van der Waals surface area contributed by atoms with Crippen LogP contribution in [0.1, 0.15) is 13.3 Å². The molecule has 1 fully saturated rings. The third-order valence-corrected chi connectivity index (χ3v) is 2.74. The highest BCUT2D eigenvalue weighted by Gasteiger charge is 2.27. The normalized spacial score (nSPS) is 23.9. The van der Waals surface area contributed by atoms with Crippen LogP contribution in [0, 0.1) is 0 Å². The van der Waals surface area contributed by atoms with E-state index in [9.17, 15) is 4.79 Å². The van der Waals surface area contributed by atoms with Crippen LogP contribution in [0.3, 0.4) is 0 Å². The van der Waals surface area contributed by atoms with Gasteiger partial charge in [0.25, 0.3) is 0 Å². The molecule has 0 aliphatic carbocycles. The SMILES string of the molecule is CCC1CN(CCO)CCN1C(N)=O. The van der Waals surface area contributed by atoms with E-state index in [4.69, 9.17) is 10.8 Å². The molecule has 1 saturated heterocycles. The van der Waals surface area contributed by atoms with Crippen LogP contribution in [0.25, 0.3) is 0 Å². The van der Waals surface area contributed by atoms with Crippen LogP contribution in [0.15, 0.2) is 0 Å². The van der Waals surface area contributed by atoms with Crippen LogP contribution >= 0.6 is 0 Å². The van der Waals surface area contributed by atoms with Crippen molar-refractivity contribution in [3.8, 4) is 0 Å². The van der Waals surface area contributed by atoms with Crippen LogP contribution in [0.5, 0.6) is 0 Å². The number of urea groups is 1. The van der Waals surface area contributed by atoms with Crippen molar-refractivity contribution in [3.05, 3.63) is 0 Å². The Hall–Kier alpha value is -0.810. The highest BCUT2D eigenvalue weighted by molar-refractivity contribution is 5.72. The first-order valence-corrected chi connectivity index (χ1v) is 5.08. The first-order chi connectivity index (χ1) is 6.69. The molecular weight excluding hydrogens is 182 g/mol. The van der Waals surface area contributed by atoms with E-state index in [0.29, 0.717) is 13.1 Å². The maximum atomic E-state index is 11.1. The number of piperazine rings is 1. The number of nitrogens with two attached hydrogens (primary N) is 1. The van der Waals surface area contributed by atoms with Gasteiger partial charge in [-0.3, -0.25) is 4.90 Å². The zero-order valence-corrected chi connectivity index (χ0v) is 8.65. The van der Waals surface area contributed by atoms with Crippen LogP contribution < -0.4 is 5.73 Å². The van der Waals surface area contributed by atoms with Gasteiger partial charge in [-0.1, -0.05) is 6.92 Å². The minimum atomic E-state index is -0.333. The number of aliphatic hydroxyl groups is 1. The summed E-state index contributed by atoms with van der Waals surface area (Å²) in [7, 11) is 0. The quantitative estimate of drug-likeness (QED) is 0.644. The summed E-state index contributed by atoms with van der Waals surface area (Å²) in [5.74, 6) is 0. The van der Waals surface area contributed by atoms with E-state index < -0.39 is 0 Å². The molecule has 5 nitrogen and oxygen atoms in total. The van der Waals surface area contributed by atoms with Crippen molar-refractivity contribution in [3.63, 3.8) is 0 Å². The average Bonchev–Trinajstić information content (AvgIpc) is 2.17. The van der Waals surface area contributed by atoms with Gasteiger partial charge < -0.3 is 15.7 Å². The minimum absolute atomic E-state index is 0.174. The predicted octanol–water partition coefficient (Wildman–Crippen LogP) is -0.546. The van der Waals surface area contributed by atoms with Gasteiger partial charge in [0.15, 0.2) is 0 Å². The zero-order valence-electron chi connectivity index (χ0n) is 8.65. The van der Waals surface area contributed by atoms with Crippen molar-refractivity contribution in [1.82, 2.24) is 9.80 Å². The van der Waals surface area contributed by atoms with Gasteiger partial charge in [-0.2, -0.15) is 0 Å². The Kier molecular flexibility index (Phi) is 4.16. The molecule has 1 unspecified atom stereocenters. The summed E-state index contributed by atoms with van der Waals surface area (Å²) in [5, 5.41) is 8.81. The Labute approximate surface area is 84.5 Å². The lowest BCUT2D eigenvalue weighted by Gasteiger charge is -2.40. The van der Waals surface area contributed by atoms with Crippen LogP contribution in [0.2, 0.25) is 0 Å². The summed E-state index contributed by atoms with van der Waals surface area (Å²) in [4.78, 5) is 14.9. The standard InChI is InChI=1S/C9H19N3O2/c1-2-8-7-11(5-6-13)3-4-12(8)9(10)14/h8,13H,2-7H2,1H3,(H2,10,14). The lowest BCUT2D eigenvalue weighted by atomic mass is 10.1. The summed E-state index contributed by atoms with van der Waals surface area (Å²) in [6, 6.07) is -0.131. The summed E-state index contributed by atoms with van der Waals surface area (Å²) in [5.41, 5.74) is 5.27. The first-order valence-electron chi connectivity index (χ1n) is 5.08. The molecule has 1 atom stereocenters. The number of amides is 2. The Morgan fingerprint density at radius 3 is 2.79 bits per heavy atom. The number of carbonyl (C=O) groups excluding carboxylic acids is 1. The van der Waals surface area contributed by atoms with Crippen molar-refractivity contribution in [2.75, 3.05) is 32.8 Å². The third kappa shape index (κ3) is 2.59. The van der Waals surface area contributed by atoms with Crippen molar-refractivity contribution in [2.45, 2.75) is 19.4 Å². The molecule has 5 heteroatoms. The predicted molar refractivity (Wildman–Crippen MR) is 53.9 cm³/mol. The molecule has 1 rings (SSSR count). The van der Waals surface area contributed by atoms with Gasteiger partial charge in [0.05, 0.1) is 6.61 Å². The van der Waals surface area contributed by atoms with Gasteiger partial charge in [-0.05, 0) is 6.42 Å². The topological polar surface area (TPSA) is 69.8 Å². The summed E-state index contributed by atoms with van der Waals surface area (Å²) >= 11 is 0. The van der Waals surface area contributed by atoms with E-state index in [1.807, 2.05) is 6.92 Å². The molecule has 0 aromatic rings. The third-order valence-electron chi connectivity index (χ3n) is 2.74. The fraction of sp³-hybridized carbons (Fsp3) is 0.889. The Balaban J connectivity index is 2.50. The Bertz CT molecular complexity index is 198. The van der Waals surface area contributed by atoms with Crippen LogP contribution in [0.4, 0.5) is 4.79 Å². The van der Waals surface area contributed by atoms with Crippen molar-refractivity contribution in [1.29, 1.82) is 0 Å². The molecule has 3 N–H and O–H groups in total. The number of nitrogens with zero attached hydrogens (tertiary/aromatic N) is 2. The maximum absolute atomic E-state index is 11.1. The molecule has 2 amide bonds. The van der Waals surface area contributed by atoms with E-state index in [1.165, 1.54) is 0 Å². The van der Waals surface area contributed by atoms with Crippen molar-refractivity contribution >= 4 is 6.03 Å². The molecule has 1 heterocycles. The lowest BCUT2D eigenvalue weighted by Crippen LogP contribution is -2.56. The highest BCUT2D eigenvalue weighted by atomic mass is 16.3. The molecule has 0 aromatic carbocycles. The molecule has 1 aliphatic rings. The van der Waals surface area contributed by atoms with Gasteiger partial charge in [0, 0.05) is 32.2 Å². The van der Waals surface area contributed by atoms with Crippen molar-refractivity contribution in [2.24, 2.45) is 5.73 Å². The molecule has 1 aliphatic heterocycles. The first kappa shape index (κ1) is 11.3. The van der Waals surface area contributed by atoms with Gasteiger partial charge in [-0.15, -0.1) is 0 Å². The molecule has 82 valence electrons. The fourth-order valence-electron chi connectivity index (χ4n) is 1.90. The molecular formula is C9H19N3O2. The molecule has 0 bridgehead atoms. The van der Waals surface area contributed by atoms with Gasteiger partial charge in [0.1, 0.15) is 0 Å². The van der Waals surface area contributed by atoms with E-state index in [0.717, 1.165) is 19.5 Å². The second-order valence-electron chi connectivity index (χ2n) is 3.62. The number of hydrogen-bond acceptors (Lipinski definition) is 3. The monoisotopic (exact) mass is 201 g/mol. The lowest BCUT2D eigenvalue weighted by molar-refractivity contribution is 0.0838. The van der Waals surface area contributed by atoms with E-state index >= 15 is 0 Å². The van der Waals surface area contributed by atoms with E-state index in [2.05, 4.69) is 4.90 Å². The summed E-state index contributed by atoms with van der Waals surface area (Å²) < 4.78 is 0. The molecule has 0 radical (unpaired) electrons. The molecule has 0 saturated carbocycles. The molecule has 14 heavy (non-hydrogen) atoms. The number of rotatable bonds is 3. The van der Waals surface area contributed by atoms with Gasteiger partial charge in [-0.25, -0.2) is 4.79 Å². The van der Waals surface area contributed by atoms with Gasteiger partial charge in [0.2, 0.25) is 0 Å². The average molecular weight is 201 g/mol. The number of carbonyl (C=O) groups is 1. The summed E-state index contributed by atoms with van der Waals surface area (Å²) in [6.07, 6.45) is 0.908. The second-order valence-corrected chi connectivity index (χ2v) is 3.62.